The van der Waals surface area contributed by atoms with Crippen molar-refractivity contribution in [1.29, 1.82) is 0 Å². The first-order valence-electron chi connectivity index (χ1n) is 10.2. The molecule has 1 aliphatic rings. The molecule has 8 nitrogen and oxygen atoms in total. The second-order valence-corrected chi connectivity index (χ2v) is 6.87. The van der Waals surface area contributed by atoms with Crippen molar-refractivity contribution in [1.82, 2.24) is 20.3 Å². The molecular formula is C21H31N5O3. The molecule has 1 saturated heterocycles. The van der Waals surface area contributed by atoms with E-state index in [1.165, 1.54) is 0 Å². The topological polar surface area (TPSA) is 75.4 Å². The van der Waals surface area contributed by atoms with Gasteiger partial charge in [0.25, 0.3) is 0 Å². The lowest BCUT2D eigenvalue weighted by Crippen LogP contribution is -2.52. The Morgan fingerprint density at radius 1 is 1.14 bits per heavy atom. The van der Waals surface area contributed by atoms with Gasteiger partial charge in [-0.25, -0.2) is 0 Å². The molecule has 0 atom stereocenters. The average Bonchev–Trinajstić information content (AvgIpc) is 3.27. The van der Waals surface area contributed by atoms with Gasteiger partial charge in [0.15, 0.2) is 5.96 Å². The molecule has 0 bridgehead atoms. The quantitative estimate of drug-likeness (QED) is 0.392. The zero-order valence-corrected chi connectivity index (χ0v) is 17.3. The number of aliphatic imine (C=N–C) groups is 1. The van der Waals surface area contributed by atoms with Gasteiger partial charge in [0, 0.05) is 58.3 Å². The summed E-state index contributed by atoms with van der Waals surface area (Å²) in [6.45, 7) is 9.04. The Hall–Kier alpha value is -2.74. The smallest absolute Gasteiger partial charge is 0.194 e. The van der Waals surface area contributed by atoms with Gasteiger partial charge < -0.3 is 24.2 Å². The van der Waals surface area contributed by atoms with Crippen LogP contribution >= 0.6 is 0 Å². The maximum atomic E-state index is 5.78. The summed E-state index contributed by atoms with van der Waals surface area (Å²) < 4.78 is 15.9. The molecule has 1 aliphatic heterocycles. The summed E-state index contributed by atoms with van der Waals surface area (Å²) >= 11 is 0. The molecule has 2 heterocycles. The number of rotatable bonds is 9. The maximum absolute atomic E-state index is 5.78. The van der Waals surface area contributed by atoms with Crippen LogP contribution in [0, 0.1) is 0 Å². The fourth-order valence-electron chi connectivity index (χ4n) is 3.20. The second-order valence-electron chi connectivity index (χ2n) is 6.87. The summed E-state index contributed by atoms with van der Waals surface area (Å²) in [5.74, 6) is 2.67. The Kier molecular flexibility index (Phi) is 8.18. The van der Waals surface area contributed by atoms with Crippen LogP contribution in [0.1, 0.15) is 19.0 Å². The van der Waals surface area contributed by atoms with Crippen molar-refractivity contribution in [2.45, 2.75) is 19.9 Å². The van der Waals surface area contributed by atoms with Gasteiger partial charge in [-0.2, -0.15) is 0 Å². The monoisotopic (exact) mass is 401 g/mol. The number of piperazine rings is 1. The van der Waals surface area contributed by atoms with Gasteiger partial charge in [-0.05, 0) is 31.2 Å². The predicted octanol–water partition coefficient (Wildman–Crippen LogP) is 2.24. The van der Waals surface area contributed by atoms with Gasteiger partial charge in [-0.3, -0.25) is 9.89 Å². The van der Waals surface area contributed by atoms with Crippen molar-refractivity contribution < 1.29 is 14.0 Å². The van der Waals surface area contributed by atoms with Crippen molar-refractivity contribution in [2.75, 3.05) is 53.0 Å². The van der Waals surface area contributed by atoms with Crippen LogP contribution in [0.25, 0.3) is 0 Å². The van der Waals surface area contributed by atoms with Crippen LogP contribution < -0.4 is 14.8 Å². The number of guanidine groups is 1. The lowest BCUT2D eigenvalue weighted by Gasteiger charge is -2.36. The minimum atomic E-state index is 0.640. The number of ether oxygens (including phenoxy) is 2. The Morgan fingerprint density at radius 2 is 1.90 bits per heavy atom. The van der Waals surface area contributed by atoms with Crippen LogP contribution in [0.2, 0.25) is 0 Å². The molecular weight excluding hydrogens is 370 g/mol. The van der Waals surface area contributed by atoms with E-state index < -0.39 is 0 Å². The number of nitrogens with zero attached hydrogens (tertiary/aromatic N) is 4. The highest BCUT2D eigenvalue weighted by Crippen LogP contribution is 2.17. The normalized spacial score (nSPS) is 15.4. The number of aromatic nitrogens is 1. The minimum Gasteiger partial charge on any atom is -0.497 e. The van der Waals surface area contributed by atoms with Crippen LogP contribution in [0.4, 0.5) is 0 Å². The maximum Gasteiger partial charge on any atom is 0.194 e. The molecule has 0 aliphatic carbocycles. The SMILES string of the molecule is CCNC(=NCCCOc1ccc(OC)cc1)N1CCN(Cc2ccon2)CC1. The number of hydrogen-bond donors (Lipinski definition) is 1. The minimum absolute atomic E-state index is 0.640. The molecule has 1 N–H and O–H groups in total. The molecule has 158 valence electrons. The van der Waals surface area contributed by atoms with E-state index in [0.29, 0.717) is 6.61 Å². The molecule has 0 spiro atoms. The molecule has 3 rings (SSSR count). The highest BCUT2D eigenvalue weighted by molar-refractivity contribution is 5.80. The fourth-order valence-corrected chi connectivity index (χ4v) is 3.20. The number of benzene rings is 1. The highest BCUT2D eigenvalue weighted by Gasteiger charge is 2.20. The number of methoxy groups -OCH3 is 1. The molecule has 0 radical (unpaired) electrons. The summed E-state index contributed by atoms with van der Waals surface area (Å²) in [5, 5.41) is 7.41. The summed E-state index contributed by atoms with van der Waals surface area (Å²) in [6, 6.07) is 9.57. The van der Waals surface area contributed by atoms with Crippen LogP contribution in [0.3, 0.4) is 0 Å². The van der Waals surface area contributed by atoms with E-state index in [4.69, 9.17) is 19.0 Å². The molecule has 0 unspecified atom stereocenters. The standard InChI is InChI=1S/C21H31N5O3/c1-3-22-21(23-10-4-15-28-20-7-5-19(27-2)6-8-20)26-13-11-25(12-14-26)17-18-9-16-29-24-18/h5-9,16H,3-4,10-15,17H2,1-2H3,(H,22,23). The van der Waals surface area contributed by atoms with E-state index in [1.807, 2.05) is 30.3 Å². The summed E-state index contributed by atoms with van der Waals surface area (Å²) in [5.41, 5.74) is 0.982. The first kappa shape index (κ1) is 21.0. The number of hydrogen-bond acceptors (Lipinski definition) is 6. The Balaban J connectivity index is 1.39. The Bertz CT molecular complexity index is 725. The van der Waals surface area contributed by atoms with E-state index in [2.05, 4.69) is 27.2 Å². The lowest BCUT2D eigenvalue weighted by molar-refractivity contribution is 0.169. The third-order valence-electron chi connectivity index (χ3n) is 4.78. The molecule has 2 aromatic rings. The van der Waals surface area contributed by atoms with E-state index in [-0.39, 0.29) is 0 Å². The zero-order valence-electron chi connectivity index (χ0n) is 17.3. The average molecular weight is 402 g/mol. The second kappa shape index (κ2) is 11.3. The van der Waals surface area contributed by atoms with E-state index >= 15 is 0 Å². The Labute approximate surface area is 172 Å². The van der Waals surface area contributed by atoms with Crippen molar-refractivity contribution >= 4 is 5.96 Å². The van der Waals surface area contributed by atoms with Gasteiger partial charge in [0.05, 0.1) is 19.4 Å². The predicted molar refractivity (Wildman–Crippen MR) is 112 cm³/mol. The third kappa shape index (κ3) is 6.67. The van der Waals surface area contributed by atoms with Crippen molar-refractivity contribution in [3.05, 3.63) is 42.3 Å². The van der Waals surface area contributed by atoms with Gasteiger partial charge in [0.2, 0.25) is 0 Å². The first-order valence-corrected chi connectivity index (χ1v) is 10.2. The molecule has 1 aromatic heterocycles. The van der Waals surface area contributed by atoms with Crippen LogP contribution in [-0.4, -0.2) is 73.9 Å². The van der Waals surface area contributed by atoms with Crippen LogP contribution in [0.15, 0.2) is 46.1 Å². The lowest BCUT2D eigenvalue weighted by atomic mass is 10.3. The van der Waals surface area contributed by atoms with E-state index in [0.717, 1.165) is 75.4 Å². The largest absolute Gasteiger partial charge is 0.497 e. The Morgan fingerprint density at radius 3 is 2.55 bits per heavy atom. The van der Waals surface area contributed by atoms with Crippen LogP contribution in [0.5, 0.6) is 11.5 Å². The first-order chi connectivity index (χ1) is 14.3. The van der Waals surface area contributed by atoms with Gasteiger partial charge in [-0.15, -0.1) is 0 Å². The van der Waals surface area contributed by atoms with Crippen molar-refractivity contribution in [3.63, 3.8) is 0 Å². The van der Waals surface area contributed by atoms with Crippen molar-refractivity contribution in [3.8, 4) is 11.5 Å². The van der Waals surface area contributed by atoms with Crippen LogP contribution in [-0.2, 0) is 6.54 Å². The molecule has 8 heteroatoms. The molecule has 1 fully saturated rings. The third-order valence-corrected chi connectivity index (χ3v) is 4.78. The highest BCUT2D eigenvalue weighted by atomic mass is 16.5. The molecule has 0 saturated carbocycles. The molecule has 1 aromatic carbocycles. The van der Waals surface area contributed by atoms with Gasteiger partial charge >= 0.3 is 0 Å². The van der Waals surface area contributed by atoms with Gasteiger partial charge in [0.1, 0.15) is 17.8 Å². The number of nitrogens with one attached hydrogen (secondary N) is 1. The summed E-state index contributed by atoms with van der Waals surface area (Å²) in [7, 11) is 1.66. The molecule has 29 heavy (non-hydrogen) atoms. The zero-order chi connectivity index (χ0) is 20.3. The van der Waals surface area contributed by atoms with Gasteiger partial charge in [-0.1, -0.05) is 5.16 Å². The summed E-state index contributed by atoms with van der Waals surface area (Å²) in [4.78, 5) is 9.50. The van der Waals surface area contributed by atoms with E-state index in [1.54, 1.807) is 13.4 Å². The summed E-state index contributed by atoms with van der Waals surface area (Å²) in [6.07, 6.45) is 2.49. The fraction of sp³-hybridized carbons (Fsp3) is 0.524. The van der Waals surface area contributed by atoms with Crippen molar-refractivity contribution in [2.24, 2.45) is 4.99 Å². The molecule has 0 amide bonds. The van der Waals surface area contributed by atoms with E-state index in [9.17, 15) is 0 Å².